The van der Waals surface area contributed by atoms with Crippen molar-refractivity contribution >= 4 is 78.5 Å². The fraction of sp³-hybridized carbons (Fsp3) is 0.114. The van der Waals surface area contributed by atoms with E-state index in [4.69, 9.17) is 34.8 Å². The maximum atomic E-state index is 5.89. The molecule has 0 unspecified atom stereocenters. The summed E-state index contributed by atoms with van der Waals surface area (Å²) in [4.78, 5) is 16.7. The van der Waals surface area contributed by atoms with E-state index in [1.165, 1.54) is 33.1 Å². The van der Waals surface area contributed by atoms with Crippen molar-refractivity contribution in [2.24, 2.45) is 0 Å². The molecule has 43 heavy (non-hydrogen) atoms. The predicted molar refractivity (Wildman–Crippen MR) is 185 cm³/mol. The molecular weight excluding hydrogens is 597 g/mol. The summed E-state index contributed by atoms with van der Waals surface area (Å²) in [5.41, 5.74) is 9.19. The number of fused-ring (bicyclic) bond motifs is 4. The molecule has 5 heterocycles. The summed E-state index contributed by atoms with van der Waals surface area (Å²) >= 11 is 17.5. The first-order chi connectivity index (χ1) is 20.6. The van der Waals surface area contributed by atoms with E-state index in [9.17, 15) is 0 Å². The predicted octanol–water partition coefficient (Wildman–Crippen LogP) is 11.3. The van der Waals surface area contributed by atoms with Gasteiger partial charge in [-0.1, -0.05) is 59.1 Å². The number of nitrogens with one attached hydrogen (secondary N) is 4. The fourth-order valence-corrected chi connectivity index (χ4v) is 5.31. The van der Waals surface area contributed by atoms with Gasteiger partial charge in [-0.2, -0.15) is 0 Å². The third-order valence-corrected chi connectivity index (χ3v) is 7.54. The molecule has 218 valence electrons. The highest BCUT2D eigenvalue weighted by molar-refractivity contribution is 6.35. The van der Waals surface area contributed by atoms with E-state index in [0.29, 0.717) is 5.02 Å². The number of aromatic amines is 4. The smallest absolute Gasteiger partial charge is 0.137 e. The largest absolute Gasteiger partial charge is 0.361 e. The van der Waals surface area contributed by atoms with Crippen molar-refractivity contribution in [1.82, 2.24) is 24.9 Å². The van der Waals surface area contributed by atoms with Gasteiger partial charge in [0, 0.05) is 67.7 Å². The van der Waals surface area contributed by atoms with Crippen LogP contribution in [0, 0.1) is 27.7 Å². The van der Waals surface area contributed by atoms with Gasteiger partial charge in [0.05, 0.1) is 10.0 Å². The minimum Gasteiger partial charge on any atom is -0.361 e. The van der Waals surface area contributed by atoms with Gasteiger partial charge in [-0.05, 0) is 98.8 Å². The number of H-pyrrole nitrogens is 4. The summed E-state index contributed by atoms with van der Waals surface area (Å²) in [6, 6.07) is 26.5. The SMILES string of the molecule is Cc1cc2cc(Cl)ccc2[nH]1.Cc1cc2cc(Cl)cnc2[nH]1.Cc1ccc2c(Cl)c[nH]c2c1.Cc1ccc2cc[nH]c2c1. The van der Waals surface area contributed by atoms with E-state index >= 15 is 0 Å². The number of halogens is 3. The number of benzene rings is 3. The fourth-order valence-electron chi connectivity index (χ4n) is 4.74. The number of nitrogens with zero attached hydrogens (tertiary/aromatic N) is 1. The molecule has 8 heteroatoms. The van der Waals surface area contributed by atoms with Crippen LogP contribution in [0.1, 0.15) is 22.5 Å². The van der Waals surface area contributed by atoms with Gasteiger partial charge >= 0.3 is 0 Å². The molecule has 4 N–H and O–H groups in total. The first-order valence-electron chi connectivity index (χ1n) is 13.8. The molecule has 0 saturated carbocycles. The molecule has 0 saturated heterocycles. The Kier molecular flexibility index (Phi) is 9.46. The van der Waals surface area contributed by atoms with Gasteiger partial charge in [-0.25, -0.2) is 4.98 Å². The Morgan fingerprint density at radius 3 is 2.07 bits per heavy atom. The average molecular weight is 629 g/mol. The Hall–Kier alpha value is -4.16. The molecule has 0 radical (unpaired) electrons. The van der Waals surface area contributed by atoms with Crippen LogP contribution in [-0.4, -0.2) is 24.9 Å². The van der Waals surface area contributed by atoms with Gasteiger partial charge in [0.1, 0.15) is 5.65 Å². The topological polar surface area (TPSA) is 76.0 Å². The van der Waals surface area contributed by atoms with Crippen LogP contribution in [0.4, 0.5) is 0 Å². The van der Waals surface area contributed by atoms with Gasteiger partial charge < -0.3 is 19.9 Å². The highest BCUT2D eigenvalue weighted by Crippen LogP contribution is 2.23. The normalized spacial score (nSPS) is 10.7. The maximum absolute atomic E-state index is 5.89. The lowest BCUT2D eigenvalue weighted by molar-refractivity contribution is 1.25. The Balaban J connectivity index is 0.000000114. The minimum absolute atomic E-state index is 0.677. The third-order valence-electron chi connectivity index (χ3n) is 6.79. The van der Waals surface area contributed by atoms with E-state index in [-0.39, 0.29) is 0 Å². The molecule has 0 atom stereocenters. The van der Waals surface area contributed by atoms with E-state index in [1.54, 1.807) is 6.20 Å². The van der Waals surface area contributed by atoms with Crippen molar-refractivity contribution < 1.29 is 0 Å². The third kappa shape index (κ3) is 7.82. The maximum Gasteiger partial charge on any atom is 0.137 e. The number of aryl methyl sites for hydroxylation is 4. The second-order valence-electron chi connectivity index (χ2n) is 10.5. The second kappa shape index (κ2) is 13.4. The van der Waals surface area contributed by atoms with Gasteiger partial charge in [-0.15, -0.1) is 0 Å². The molecule has 0 aliphatic rings. The van der Waals surface area contributed by atoms with Crippen LogP contribution in [0.5, 0.6) is 0 Å². The molecule has 5 nitrogen and oxygen atoms in total. The van der Waals surface area contributed by atoms with Crippen LogP contribution in [0.25, 0.3) is 43.7 Å². The zero-order valence-electron chi connectivity index (χ0n) is 24.3. The molecule has 0 aliphatic carbocycles. The summed E-state index contributed by atoms with van der Waals surface area (Å²) < 4.78 is 0. The second-order valence-corrected chi connectivity index (χ2v) is 11.8. The summed E-state index contributed by atoms with van der Waals surface area (Å²) in [5.74, 6) is 0. The highest BCUT2D eigenvalue weighted by atomic mass is 35.5. The van der Waals surface area contributed by atoms with Crippen molar-refractivity contribution in [2.75, 3.05) is 0 Å². The van der Waals surface area contributed by atoms with E-state index < -0.39 is 0 Å². The summed E-state index contributed by atoms with van der Waals surface area (Å²) in [5, 5.41) is 6.88. The van der Waals surface area contributed by atoms with Gasteiger partial charge in [0.2, 0.25) is 0 Å². The molecule has 8 rings (SSSR count). The summed E-state index contributed by atoms with van der Waals surface area (Å²) in [6.45, 7) is 8.19. The van der Waals surface area contributed by atoms with Gasteiger partial charge in [0.25, 0.3) is 0 Å². The number of pyridine rings is 1. The summed E-state index contributed by atoms with van der Waals surface area (Å²) in [6.07, 6.45) is 5.41. The van der Waals surface area contributed by atoms with Crippen LogP contribution in [-0.2, 0) is 0 Å². The van der Waals surface area contributed by atoms with Crippen LogP contribution in [0.15, 0.2) is 97.5 Å². The van der Waals surface area contributed by atoms with Crippen molar-refractivity contribution in [3.63, 3.8) is 0 Å². The average Bonchev–Trinajstić information content (AvgIpc) is 3.75. The van der Waals surface area contributed by atoms with Crippen molar-refractivity contribution in [3.05, 3.63) is 135 Å². The van der Waals surface area contributed by atoms with Gasteiger partial charge in [0.15, 0.2) is 0 Å². The zero-order chi connectivity index (χ0) is 30.5. The summed E-state index contributed by atoms with van der Waals surface area (Å²) in [7, 11) is 0. The zero-order valence-corrected chi connectivity index (χ0v) is 26.6. The van der Waals surface area contributed by atoms with Crippen molar-refractivity contribution in [1.29, 1.82) is 0 Å². The van der Waals surface area contributed by atoms with E-state index in [0.717, 1.165) is 43.2 Å². The van der Waals surface area contributed by atoms with Crippen molar-refractivity contribution in [3.8, 4) is 0 Å². The molecule has 8 aromatic rings. The number of rotatable bonds is 0. The molecule has 0 bridgehead atoms. The molecule has 0 fully saturated rings. The first kappa shape index (κ1) is 30.3. The van der Waals surface area contributed by atoms with Gasteiger partial charge in [-0.3, -0.25) is 0 Å². The van der Waals surface area contributed by atoms with Crippen LogP contribution < -0.4 is 0 Å². The molecular formula is C35H32Cl3N5. The lowest BCUT2D eigenvalue weighted by Crippen LogP contribution is -1.74. The number of aromatic nitrogens is 5. The standard InChI is InChI=1S/2C9H8ClN.C9H9N.C8H7ClN2/c1-6-4-7-5-8(10)2-3-9(7)11-6;1-6-2-3-7-8(10)5-11-9(7)4-6;1-7-2-3-8-4-5-10-9(8)6-7;1-5-2-6-3-7(9)4-10-8(6)11-5/h2*2-5,11H,1H3;2-6,10H,1H3;2-4H,1H3,(H,10,11). The van der Waals surface area contributed by atoms with Crippen LogP contribution >= 0.6 is 34.8 Å². The minimum atomic E-state index is 0.677. The highest BCUT2D eigenvalue weighted by Gasteiger charge is 2.00. The quantitative estimate of drug-likeness (QED) is 0.132. The molecule has 0 spiro atoms. The first-order valence-corrected chi connectivity index (χ1v) is 14.9. The Labute approximate surface area is 265 Å². The lowest BCUT2D eigenvalue weighted by Gasteiger charge is -1.91. The molecule has 0 aliphatic heterocycles. The lowest BCUT2D eigenvalue weighted by atomic mass is 10.2. The Morgan fingerprint density at radius 1 is 0.558 bits per heavy atom. The van der Waals surface area contributed by atoms with E-state index in [1.807, 2.05) is 62.6 Å². The Bertz CT molecular complexity index is 2040. The van der Waals surface area contributed by atoms with Crippen LogP contribution in [0.2, 0.25) is 15.1 Å². The number of hydrogen-bond acceptors (Lipinski definition) is 1. The number of hydrogen-bond donors (Lipinski definition) is 4. The van der Waals surface area contributed by atoms with Crippen LogP contribution in [0.3, 0.4) is 0 Å². The molecule has 5 aromatic heterocycles. The van der Waals surface area contributed by atoms with Crippen molar-refractivity contribution in [2.45, 2.75) is 27.7 Å². The monoisotopic (exact) mass is 627 g/mol. The van der Waals surface area contributed by atoms with E-state index in [2.05, 4.69) is 81.2 Å². The molecule has 3 aromatic carbocycles. The molecule has 0 amide bonds. The Morgan fingerprint density at radius 2 is 1.26 bits per heavy atom.